The minimum Gasteiger partial charge on any atom is -0.459 e. The standard InChI is InChI=1S/C19H23N3O3/c1-20(19(24)17-8-5-13-25-17)15-18(23)22-11-9-21(10-12-22)14-16-6-3-2-4-7-16/h2-8,13H,9-12,14-15H2,1H3. The number of rotatable bonds is 5. The molecule has 25 heavy (non-hydrogen) atoms. The van der Waals surface area contributed by atoms with E-state index in [0.29, 0.717) is 13.1 Å². The minimum atomic E-state index is -0.277. The van der Waals surface area contributed by atoms with Crippen LogP contribution in [-0.4, -0.2) is 66.3 Å². The minimum absolute atomic E-state index is 0.0261. The van der Waals surface area contributed by atoms with Crippen molar-refractivity contribution in [3.05, 3.63) is 60.1 Å². The highest BCUT2D eigenvalue weighted by Crippen LogP contribution is 2.10. The largest absolute Gasteiger partial charge is 0.459 e. The fourth-order valence-corrected chi connectivity index (χ4v) is 2.96. The second-order valence-corrected chi connectivity index (χ2v) is 6.28. The lowest BCUT2D eigenvalue weighted by molar-refractivity contribution is -0.133. The van der Waals surface area contributed by atoms with Gasteiger partial charge in [-0.2, -0.15) is 0 Å². The number of likely N-dealkylation sites (N-methyl/N-ethyl adjacent to an activating group) is 1. The number of nitrogens with zero attached hydrogens (tertiary/aromatic N) is 3. The number of amides is 2. The number of furan rings is 1. The number of benzene rings is 1. The molecule has 132 valence electrons. The lowest BCUT2D eigenvalue weighted by Crippen LogP contribution is -2.51. The zero-order valence-corrected chi connectivity index (χ0v) is 14.4. The Morgan fingerprint density at radius 1 is 1.04 bits per heavy atom. The molecule has 0 bridgehead atoms. The summed E-state index contributed by atoms with van der Waals surface area (Å²) in [6, 6.07) is 13.6. The Morgan fingerprint density at radius 3 is 2.40 bits per heavy atom. The molecule has 2 aromatic rings. The summed E-state index contributed by atoms with van der Waals surface area (Å²) in [4.78, 5) is 30.1. The highest BCUT2D eigenvalue weighted by Gasteiger charge is 2.24. The number of carbonyl (C=O) groups is 2. The van der Waals surface area contributed by atoms with E-state index < -0.39 is 0 Å². The topological polar surface area (TPSA) is 57.0 Å². The van der Waals surface area contributed by atoms with Crippen LogP contribution in [0, 0.1) is 0 Å². The molecule has 1 aromatic carbocycles. The monoisotopic (exact) mass is 341 g/mol. The number of hydrogen-bond acceptors (Lipinski definition) is 4. The van der Waals surface area contributed by atoms with Crippen molar-refractivity contribution in [2.24, 2.45) is 0 Å². The second-order valence-electron chi connectivity index (χ2n) is 6.28. The van der Waals surface area contributed by atoms with Crippen molar-refractivity contribution in [3.8, 4) is 0 Å². The smallest absolute Gasteiger partial charge is 0.289 e. The van der Waals surface area contributed by atoms with Gasteiger partial charge in [-0.25, -0.2) is 0 Å². The maximum Gasteiger partial charge on any atom is 0.289 e. The van der Waals surface area contributed by atoms with Crippen molar-refractivity contribution >= 4 is 11.8 Å². The first-order valence-corrected chi connectivity index (χ1v) is 8.46. The molecule has 0 spiro atoms. The number of carbonyl (C=O) groups excluding carboxylic acids is 2. The Hall–Kier alpha value is -2.60. The van der Waals surface area contributed by atoms with Gasteiger partial charge in [-0.15, -0.1) is 0 Å². The molecule has 0 aliphatic carbocycles. The van der Waals surface area contributed by atoms with E-state index in [0.717, 1.165) is 19.6 Å². The summed E-state index contributed by atoms with van der Waals surface area (Å²) in [7, 11) is 1.62. The molecule has 1 aliphatic heterocycles. The maximum atomic E-state index is 12.4. The summed E-state index contributed by atoms with van der Waals surface area (Å²) in [5.74, 6) is -0.0502. The van der Waals surface area contributed by atoms with E-state index in [4.69, 9.17) is 4.42 Å². The summed E-state index contributed by atoms with van der Waals surface area (Å²) in [6.45, 7) is 4.04. The van der Waals surface area contributed by atoms with Gasteiger partial charge in [0, 0.05) is 39.8 Å². The number of piperazine rings is 1. The van der Waals surface area contributed by atoms with Crippen LogP contribution in [0.15, 0.2) is 53.1 Å². The van der Waals surface area contributed by atoms with Crippen molar-refractivity contribution in [3.63, 3.8) is 0 Å². The van der Waals surface area contributed by atoms with Gasteiger partial charge in [-0.05, 0) is 17.7 Å². The Labute approximate surface area is 147 Å². The Balaban J connectivity index is 1.46. The van der Waals surface area contributed by atoms with E-state index in [1.807, 2.05) is 23.1 Å². The van der Waals surface area contributed by atoms with E-state index in [1.165, 1.54) is 16.7 Å². The SMILES string of the molecule is CN(CC(=O)N1CCN(Cc2ccccc2)CC1)C(=O)c1ccco1. The van der Waals surface area contributed by atoms with E-state index in [9.17, 15) is 9.59 Å². The Kier molecular flexibility index (Phi) is 5.50. The van der Waals surface area contributed by atoms with Crippen molar-refractivity contribution in [2.45, 2.75) is 6.54 Å². The fraction of sp³-hybridized carbons (Fsp3) is 0.368. The first kappa shape index (κ1) is 17.2. The predicted octanol–water partition coefficient (Wildman–Crippen LogP) is 1.70. The predicted molar refractivity (Wildman–Crippen MR) is 94.0 cm³/mol. The maximum absolute atomic E-state index is 12.4. The molecule has 6 nitrogen and oxygen atoms in total. The van der Waals surface area contributed by atoms with Crippen molar-refractivity contribution < 1.29 is 14.0 Å². The molecular formula is C19H23N3O3. The van der Waals surface area contributed by atoms with E-state index in [-0.39, 0.29) is 24.1 Å². The van der Waals surface area contributed by atoms with Crippen LogP contribution in [0.4, 0.5) is 0 Å². The molecule has 2 amide bonds. The molecule has 0 atom stereocenters. The van der Waals surface area contributed by atoms with Crippen LogP contribution < -0.4 is 0 Å². The number of hydrogen-bond donors (Lipinski definition) is 0. The first-order valence-electron chi connectivity index (χ1n) is 8.46. The summed E-state index contributed by atoms with van der Waals surface area (Å²) >= 11 is 0. The molecule has 1 fully saturated rings. The first-order chi connectivity index (χ1) is 12.1. The average molecular weight is 341 g/mol. The van der Waals surface area contributed by atoms with E-state index in [1.54, 1.807) is 19.2 Å². The summed E-state index contributed by atoms with van der Waals surface area (Å²) in [6.07, 6.45) is 1.45. The average Bonchev–Trinajstić information content (AvgIpc) is 3.17. The van der Waals surface area contributed by atoms with Gasteiger partial charge in [0.05, 0.1) is 12.8 Å². The zero-order valence-electron chi connectivity index (χ0n) is 14.4. The van der Waals surface area contributed by atoms with Crippen molar-refractivity contribution in [2.75, 3.05) is 39.8 Å². The summed E-state index contributed by atoms with van der Waals surface area (Å²) < 4.78 is 5.09. The second kappa shape index (κ2) is 7.98. The highest BCUT2D eigenvalue weighted by molar-refractivity contribution is 5.94. The fourth-order valence-electron chi connectivity index (χ4n) is 2.96. The third-order valence-electron chi connectivity index (χ3n) is 4.43. The third-order valence-corrected chi connectivity index (χ3v) is 4.43. The third kappa shape index (κ3) is 4.48. The summed E-state index contributed by atoms with van der Waals surface area (Å²) in [5.41, 5.74) is 1.28. The molecule has 6 heteroatoms. The summed E-state index contributed by atoms with van der Waals surface area (Å²) in [5, 5.41) is 0. The normalized spacial score (nSPS) is 15.2. The van der Waals surface area contributed by atoms with Gasteiger partial charge in [0.25, 0.3) is 5.91 Å². The van der Waals surface area contributed by atoms with E-state index >= 15 is 0 Å². The molecule has 0 N–H and O–H groups in total. The zero-order chi connectivity index (χ0) is 17.6. The van der Waals surface area contributed by atoms with Gasteiger partial charge < -0.3 is 14.2 Å². The molecule has 1 aliphatic rings. The van der Waals surface area contributed by atoms with Gasteiger partial charge >= 0.3 is 0 Å². The molecule has 2 heterocycles. The van der Waals surface area contributed by atoms with Crippen LogP contribution in [0.2, 0.25) is 0 Å². The molecular weight excluding hydrogens is 318 g/mol. The highest BCUT2D eigenvalue weighted by atomic mass is 16.3. The van der Waals surface area contributed by atoms with Crippen molar-refractivity contribution in [1.29, 1.82) is 0 Å². The van der Waals surface area contributed by atoms with Gasteiger partial charge in [0.2, 0.25) is 5.91 Å². The van der Waals surface area contributed by atoms with Crippen LogP contribution in [0.5, 0.6) is 0 Å². The molecule has 1 aromatic heterocycles. The molecule has 0 unspecified atom stereocenters. The van der Waals surface area contributed by atoms with Crippen LogP contribution in [0.3, 0.4) is 0 Å². The van der Waals surface area contributed by atoms with Crippen molar-refractivity contribution in [1.82, 2.24) is 14.7 Å². The van der Waals surface area contributed by atoms with Crippen LogP contribution in [-0.2, 0) is 11.3 Å². The quantitative estimate of drug-likeness (QED) is 0.831. The van der Waals surface area contributed by atoms with Crippen LogP contribution >= 0.6 is 0 Å². The van der Waals surface area contributed by atoms with Gasteiger partial charge in [0.1, 0.15) is 0 Å². The lowest BCUT2D eigenvalue weighted by Gasteiger charge is -2.35. The van der Waals surface area contributed by atoms with Crippen LogP contribution in [0.25, 0.3) is 0 Å². The Morgan fingerprint density at radius 2 is 1.76 bits per heavy atom. The molecule has 0 radical (unpaired) electrons. The van der Waals surface area contributed by atoms with E-state index in [2.05, 4.69) is 17.0 Å². The van der Waals surface area contributed by atoms with Crippen LogP contribution in [0.1, 0.15) is 16.1 Å². The Bertz CT molecular complexity index is 692. The molecule has 3 rings (SSSR count). The lowest BCUT2D eigenvalue weighted by atomic mass is 10.2. The molecule has 0 saturated carbocycles. The van der Waals surface area contributed by atoms with Gasteiger partial charge in [-0.3, -0.25) is 14.5 Å². The van der Waals surface area contributed by atoms with Gasteiger partial charge in [-0.1, -0.05) is 30.3 Å². The molecule has 1 saturated heterocycles. The van der Waals surface area contributed by atoms with Gasteiger partial charge in [0.15, 0.2) is 5.76 Å².